The van der Waals surface area contributed by atoms with Crippen LogP contribution in [0, 0.1) is 0 Å². The number of carbonyl (C=O) groups excluding carboxylic acids is 1. The van der Waals surface area contributed by atoms with Crippen LogP contribution in [0.2, 0.25) is 0 Å². The Balaban J connectivity index is 1.32. The van der Waals surface area contributed by atoms with E-state index in [0.29, 0.717) is 22.6 Å². The molecule has 0 atom stereocenters. The van der Waals surface area contributed by atoms with Gasteiger partial charge in [-0.1, -0.05) is 42.8 Å². The first-order valence-electron chi connectivity index (χ1n) is 11.0. The number of likely N-dealkylation sites (tertiary alicyclic amines) is 1. The van der Waals surface area contributed by atoms with Gasteiger partial charge in [-0.2, -0.15) is 0 Å². The molecule has 0 saturated carbocycles. The third-order valence-electron chi connectivity index (χ3n) is 6.03. The van der Waals surface area contributed by atoms with Crippen LogP contribution in [-0.4, -0.2) is 34.1 Å². The lowest BCUT2D eigenvalue weighted by atomic mass is 10.0. The number of hydrogen-bond acceptors (Lipinski definition) is 5. The second-order valence-electron chi connectivity index (χ2n) is 8.25. The van der Waals surface area contributed by atoms with E-state index in [9.17, 15) is 4.79 Å². The number of amides is 1. The Morgan fingerprint density at radius 1 is 0.906 bits per heavy atom. The molecule has 6 nitrogen and oxygen atoms in total. The van der Waals surface area contributed by atoms with Crippen molar-refractivity contribution < 1.29 is 14.4 Å². The standard InChI is InChI=1S/C26H25N3O3/c30-25(28-31)22-12-13-24-23(16-22)27-26(32-24)21-10-8-20(9-11-21)19-6-4-18(5-7-19)17-29-14-2-1-3-15-29/h4-13,16,31H,1-3,14-15,17H2,(H,28,30). The van der Waals surface area contributed by atoms with Crippen molar-refractivity contribution in [2.24, 2.45) is 0 Å². The van der Waals surface area contributed by atoms with Crippen molar-refractivity contribution in [3.8, 4) is 22.6 Å². The zero-order chi connectivity index (χ0) is 21.9. The second-order valence-corrected chi connectivity index (χ2v) is 8.25. The number of hydrogen-bond donors (Lipinski definition) is 2. The molecule has 162 valence electrons. The van der Waals surface area contributed by atoms with Gasteiger partial charge in [0.15, 0.2) is 5.58 Å². The van der Waals surface area contributed by atoms with Crippen molar-refractivity contribution in [1.29, 1.82) is 0 Å². The van der Waals surface area contributed by atoms with Crippen LogP contribution in [0.3, 0.4) is 0 Å². The van der Waals surface area contributed by atoms with E-state index in [1.54, 1.807) is 23.7 Å². The highest BCUT2D eigenvalue weighted by atomic mass is 16.5. The van der Waals surface area contributed by atoms with E-state index >= 15 is 0 Å². The molecule has 0 aliphatic carbocycles. The maximum atomic E-state index is 11.6. The lowest BCUT2D eigenvalue weighted by Gasteiger charge is -2.26. The number of piperidine rings is 1. The molecule has 0 unspecified atom stereocenters. The Labute approximate surface area is 186 Å². The molecule has 1 saturated heterocycles. The number of aromatic nitrogens is 1. The van der Waals surface area contributed by atoms with Crippen molar-refractivity contribution >= 4 is 17.0 Å². The monoisotopic (exact) mass is 427 g/mol. The summed E-state index contributed by atoms with van der Waals surface area (Å²) in [4.78, 5) is 18.6. The van der Waals surface area contributed by atoms with Gasteiger partial charge in [0.1, 0.15) is 5.52 Å². The van der Waals surface area contributed by atoms with Gasteiger partial charge in [0.05, 0.1) is 0 Å². The minimum absolute atomic E-state index is 0.318. The second kappa shape index (κ2) is 8.94. The zero-order valence-corrected chi connectivity index (χ0v) is 17.8. The first kappa shape index (κ1) is 20.4. The molecule has 0 bridgehead atoms. The van der Waals surface area contributed by atoms with Gasteiger partial charge >= 0.3 is 0 Å². The highest BCUT2D eigenvalue weighted by Gasteiger charge is 2.13. The van der Waals surface area contributed by atoms with Gasteiger partial charge < -0.3 is 4.42 Å². The lowest BCUT2D eigenvalue weighted by Crippen LogP contribution is -2.28. The molecule has 6 heteroatoms. The molecule has 1 aliphatic rings. The fourth-order valence-corrected chi connectivity index (χ4v) is 4.24. The first-order chi connectivity index (χ1) is 15.7. The summed E-state index contributed by atoms with van der Waals surface area (Å²) in [7, 11) is 0. The van der Waals surface area contributed by atoms with Gasteiger partial charge in [-0.05, 0) is 73.0 Å². The molecule has 1 aliphatic heterocycles. The smallest absolute Gasteiger partial charge is 0.274 e. The zero-order valence-electron chi connectivity index (χ0n) is 17.8. The van der Waals surface area contributed by atoms with Gasteiger partial charge in [-0.15, -0.1) is 0 Å². The predicted octanol–water partition coefficient (Wildman–Crippen LogP) is 5.27. The van der Waals surface area contributed by atoms with Crippen LogP contribution >= 0.6 is 0 Å². The van der Waals surface area contributed by atoms with Gasteiger partial charge in [0.25, 0.3) is 5.91 Å². The number of hydroxylamine groups is 1. The van der Waals surface area contributed by atoms with Gasteiger partial charge in [-0.25, -0.2) is 10.5 Å². The quantitative estimate of drug-likeness (QED) is 0.335. The average Bonchev–Trinajstić information content (AvgIpc) is 3.28. The minimum Gasteiger partial charge on any atom is -0.436 e. The van der Waals surface area contributed by atoms with Crippen LogP contribution in [0.5, 0.6) is 0 Å². The molecule has 0 radical (unpaired) electrons. The van der Waals surface area contributed by atoms with Crippen molar-refractivity contribution in [3.05, 3.63) is 77.9 Å². The number of oxazole rings is 1. The highest BCUT2D eigenvalue weighted by molar-refractivity contribution is 5.96. The topological polar surface area (TPSA) is 78.6 Å². The van der Waals surface area contributed by atoms with Crippen LogP contribution in [0.25, 0.3) is 33.7 Å². The molecule has 5 rings (SSSR count). The lowest BCUT2D eigenvalue weighted by molar-refractivity contribution is 0.0706. The fourth-order valence-electron chi connectivity index (χ4n) is 4.24. The summed E-state index contributed by atoms with van der Waals surface area (Å²) in [6.45, 7) is 3.43. The van der Waals surface area contributed by atoms with Gasteiger partial charge in [0.2, 0.25) is 5.89 Å². The van der Waals surface area contributed by atoms with Crippen LogP contribution in [0.1, 0.15) is 35.2 Å². The molecular formula is C26H25N3O3. The van der Waals surface area contributed by atoms with E-state index in [0.717, 1.165) is 17.7 Å². The van der Waals surface area contributed by atoms with E-state index in [2.05, 4.69) is 46.3 Å². The van der Waals surface area contributed by atoms with Crippen molar-refractivity contribution in [2.45, 2.75) is 25.8 Å². The molecule has 1 fully saturated rings. The van der Waals surface area contributed by atoms with Crippen LogP contribution in [0.4, 0.5) is 0 Å². The molecule has 1 aromatic heterocycles. The Morgan fingerprint density at radius 2 is 1.56 bits per heavy atom. The number of rotatable bonds is 5. The molecule has 2 heterocycles. The fraction of sp³-hybridized carbons (Fsp3) is 0.231. The molecule has 0 spiro atoms. The number of fused-ring (bicyclic) bond motifs is 1. The van der Waals surface area contributed by atoms with Crippen molar-refractivity contribution in [2.75, 3.05) is 13.1 Å². The van der Waals surface area contributed by atoms with E-state index < -0.39 is 5.91 Å². The SMILES string of the molecule is O=C(NO)c1ccc2oc(-c3ccc(-c4ccc(CN5CCCCC5)cc4)cc3)nc2c1. The molecular weight excluding hydrogens is 402 g/mol. The molecule has 3 aromatic carbocycles. The molecule has 2 N–H and O–H groups in total. The number of nitrogens with one attached hydrogen (secondary N) is 1. The average molecular weight is 428 g/mol. The summed E-state index contributed by atoms with van der Waals surface area (Å²) in [5.41, 5.74) is 7.63. The molecule has 4 aromatic rings. The summed E-state index contributed by atoms with van der Waals surface area (Å²) in [6.07, 6.45) is 3.98. The normalized spacial score (nSPS) is 14.5. The predicted molar refractivity (Wildman–Crippen MR) is 123 cm³/mol. The van der Waals surface area contributed by atoms with Gasteiger partial charge in [-0.3, -0.25) is 14.9 Å². The number of carbonyl (C=O) groups is 1. The van der Waals surface area contributed by atoms with Crippen LogP contribution in [-0.2, 0) is 6.54 Å². The Hall–Kier alpha value is -3.48. The molecule has 32 heavy (non-hydrogen) atoms. The first-order valence-corrected chi connectivity index (χ1v) is 11.0. The third-order valence-corrected chi connectivity index (χ3v) is 6.03. The summed E-state index contributed by atoms with van der Waals surface area (Å²) in [6, 6.07) is 21.8. The summed E-state index contributed by atoms with van der Waals surface area (Å²) >= 11 is 0. The Morgan fingerprint density at radius 3 is 2.25 bits per heavy atom. The van der Waals surface area contributed by atoms with Crippen molar-refractivity contribution in [1.82, 2.24) is 15.4 Å². The van der Waals surface area contributed by atoms with E-state index in [1.165, 1.54) is 43.5 Å². The summed E-state index contributed by atoms with van der Waals surface area (Å²) < 4.78 is 5.85. The van der Waals surface area contributed by atoms with Crippen molar-refractivity contribution in [3.63, 3.8) is 0 Å². The van der Waals surface area contributed by atoms with E-state index in [1.807, 2.05) is 12.1 Å². The Bertz CT molecular complexity index is 1220. The van der Waals surface area contributed by atoms with E-state index in [4.69, 9.17) is 9.62 Å². The Kier molecular flexibility index (Phi) is 5.71. The van der Waals surface area contributed by atoms with E-state index in [-0.39, 0.29) is 0 Å². The minimum atomic E-state index is -0.581. The summed E-state index contributed by atoms with van der Waals surface area (Å²) in [5.74, 6) is -0.0901. The van der Waals surface area contributed by atoms with Crippen LogP contribution in [0.15, 0.2) is 71.1 Å². The highest BCUT2D eigenvalue weighted by Crippen LogP contribution is 2.28. The maximum absolute atomic E-state index is 11.6. The van der Waals surface area contributed by atoms with Gasteiger partial charge in [0, 0.05) is 17.7 Å². The number of benzene rings is 3. The maximum Gasteiger partial charge on any atom is 0.274 e. The molecule has 1 amide bonds. The van der Waals surface area contributed by atoms with Crippen LogP contribution < -0.4 is 5.48 Å². The number of nitrogens with zero attached hydrogens (tertiary/aromatic N) is 2. The third kappa shape index (κ3) is 4.28. The summed E-state index contributed by atoms with van der Waals surface area (Å²) in [5, 5.41) is 8.81. The largest absolute Gasteiger partial charge is 0.436 e.